The number of aryl methyl sites for hydroxylation is 1. The number of methoxy groups -OCH3 is 1. The minimum absolute atomic E-state index is 0.0784. The van der Waals surface area contributed by atoms with E-state index in [4.69, 9.17) is 4.74 Å². The van der Waals surface area contributed by atoms with E-state index in [2.05, 4.69) is 9.97 Å². The molecule has 0 aliphatic rings. The van der Waals surface area contributed by atoms with E-state index >= 15 is 0 Å². The predicted octanol–water partition coefficient (Wildman–Crippen LogP) is 4.12. The largest absolute Gasteiger partial charge is 0.465 e. The molecule has 0 atom stereocenters. The van der Waals surface area contributed by atoms with E-state index < -0.39 is 5.97 Å². The van der Waals surface area contributed by atoms with Crippen LogP contribution in [0.4, 0.5) is 5.13 Å². The highest BCUT2D eigenvalue weighted by Gasteiger charge is 2.18. The molecule has 3 heterocycles. The zero-order valence-corrected chi connectivity index (χ0v) is 18.0. The molecule has 1 amide bonds. The number of rotatable bonds is 6. The van der Waals surface area contributed by atoms with Gasteiger partial charge in [-0.1, -0.05) is 0 Å². The monoisotopic (exact) mass is 429 g/mol. The molecule has 0 aliphatic carbocycles. The lowest BCUT2D eigenvalue weighted by molar-refractivity contribution is -0.116. The summed E-state index contributed by atoms with van der Waals surface area (Å²) in [5, 5.41) is 3.14. The van der Waals surface area contributed by atoms with Gasteiger partial charge in [0.1, 0.15) is 9.71 Å². The molecule has 9 heteroatoms. The number of nitrogens with zero attached hydrogens (tertiary/aromatic N) is 3. The number of carbonyl (C=O) groups excluding carboxylic acids is 3. The van der Waals surface area contributed by atoms with Crippen LogP contribution in [0.15, 0.2) is 23.7 Å². The van der Waals surface area contributed by atoms with Crippen molar-refractivity contribution in [1.82, 2.24) is 9.97 Å². The number of thiophene rings is 1. The second-order valence-corrected chi connectivity index (χ2v) is 7.98. The van der Waals surface area contributed by atoms with E-state index in [1.54, 1.807) is 22.4 Å². The van der Waals surface area contributed by atoms with Crippen molar-refractivity contribution >= 4 is 61.8 Å². The van der Waals surface area contributed by atoms with Crippen molar-refractivity contribution in [3.8, 4) is 0 Å². The summed E-state index contributed by atoms with van der Waals surface area (Å²) in [6.45, 7) is 5.71. The number of fused-ring (bicyclic) bond motifs is 1. The number of ether oxygens (including phenoxy) is 1. The van der Waals surface area contributed by atoms with Crippen LogP contribution in [0.1, 0.15) is 45.1 Å². The Labute approximate surface area is 175 Å². The first-order valence-corrected chi connectivity index (χ1v) is 10.5. The molecule has 0 N–H and O–H groups in total. The summed E-state index contributed by atoms with van der Waals surface area (Å²) in [7, 11) is 1.33. The zero-order valence-electron chi connectivity index (χ0n) is 16.4. The summed E-state index contributed by atoms with van der Waals surface area (Å²) in [6, 6.07) is 1.73. The van der Waals surface area contributed by atoms with Gasteiger partial charge < -0.3 is 4.74 Å². The Hall–Kier alpha value is -2.91. The van der Waals surface area contributed by atoms with E-state index in [0.717, 1.165) is 10.9 Å². The van der Waals surface area contributed by atoms with Gasteiger partial charge in [0.2, 0.25) is 5.91 Å². The number of hydrogen-bond acceptors (Lipinski definition) is 8. The Balaban J connectivity index is 1.83. The molecule has 3 rings (SSSR count). The number of allylic oxidation sites excluding steroid dienone is 1. The molecule has 29 heavy (non-hydrogen) atoms. The van der Waals surface area contributed by atoms with Gasteiger partial charge in [0.25, 0.3) is 0 Å². The SMILES string of the molecule is CCN(C(C)=O)c1nc(C=CC(=O)c2cnc3sc(C(=O)OC)c(C)c3c2)cs1. The number of carbonyl (C=O) groups is 3. The van der Waals surface area contributed by atoms with Crippen molar-refractivity contribution < 1.29 is 19.1 Å². The number of hydrogen-bond donors (Lipinski definition) is 0. The average molecular weight is 430 g/mol. The highest BCUT2D eigenvalue weighted by molar-refractivity contribution is 7.20. The van der Waals surface area contributed by atoms with Gasteiger partial charge in [-0.05, 0) is 37.6 Å². The zero-order chi connectivity index (χ0) is 21.1. The Kier molecular flexibility index (Phi) is 6.19. The molecule has 7 nitrogen and oxygen atoms in total. The van der Waals surface area contributed by atoms with Gasteiger partial charge in [0, 0.05) is 36.0 Å². The summed E-state index contributed by atoms with van der Waals surface area (Å²) >= 11 is 2.59. The van der Waals surface area contributed by atoms with E-state index in [9.17, 15) is 14.4 Å². The van der Waals surface area contributed by atoms with Gasteiger partial charge in [0.15, 0.2) is 10.9 Å². The molecule has 150 valence electrons. The first-order chi connectivity index (χ1) is 13.8. The van der Waals surface area contributed by atoms with E-state index in [1.807, 2.05) is 13.8 Å². The third kappa shape index (κ3) is 4.25. The fourth-order valence-electron chi connectivity index (χ4n) is 2.75. The molecule has 0 bridgehead atoms. The quantitative estimate of drug-likeness (QED) is 0.333. The van der Waals surface area contributed by atoms with Crippen LogP contribution < -0.4 is 4.90 Å². The highest BCUT2D eigenvalue weighted by Crippen LogP contribution is 2.30. The van der Waals surface area contributed by atoms with Crippen molar-refractivity contribution in [2.45, 2.75) is 20.8 Å². The first kappa shape index (κ1) is 20.8. The average Bonchev–Trinajstić information content (AvgIpc) is 3.30. The summed E-state index contributed by atoms with van der Waals surface area (Å²) in [4.78, 5) is 47.5. The fraction of sp³-hybridized carbons (Fsp3) is 0.250. The lowest BCUT2D eigenvalue weighted by Gasteiger charge is -2.14. The van der Waals surface area contributed by atoms with Gasteiger partial charge >= 0.3 is 5.97 Å². The third-order valence-electron chi connectivity index (χ3n) is 4.29. The van der Waals surface area contributed by atoms with Crippen LogP contribution in [0.3, 0.4) is 0 Å². The van der Waals surface area contributed by atoms with E-state index in [1.165, 1.54) is 49.0 Å². The van der Waals surface area contributed by atoms with Crippen molar-refractivity contribution in [3.05, 3.63) is 45.4 Å². The van der Waals surface area contributed by atoms with Crippen LogP contribution in [-0.4, -0.2) is 41.3 Å². The van der Waals surface area contributed by atoms with Crippen molar-refractivity contribution in [1.29, 1.82) is 0 Å². The van der Waals surface area contributed by atoms with Crippen LogP contribution in [0.25, 0.3) is 16.3 Å². The summed E-state index contributed by atoms with van der Waals surface area (Å²) in [5.74, 6) is -0.715. The number of amides is 1. The minimum Gasteiger partial charge on any atom is -0.465 e. The van der Waals surface area contributed by atoms with Gasteiger partial charge in [-0.25, -0.2) is 14.8 Å². The van der Waals surface area contributed by atoms with E-state index in [0.29, 0.717) is 32.6 Å². The van der Waals surface area contributed by atoms with Crippen molar-refractivity contribution in [2.24, 2.45) is 0 Å². The Morgan fingerprint density at radius 3 is 2.72 bits per heavy atom. The molecular weight excluding hydrogens is 410 g/mol. The second-order valence-electron chi connectivity index (χ2n) is 6.14. The smallest absolute Gasteiger partial charge is 0.348 e. The predicted molar refractivity (Wildman–Crippen MR) is 115 cm³/mol. The Bertz CT molecular complexity index is 1130. The molecule has 0 aromatic carbocycles. The highest BCUT2D eigenvalue weighted by atomic mass is 32.1. The minimum atomic E-state index is -0.413. The number of esters is 1. The van der Waals surface area contributed by atoms with E-state index in [-0.39, 0.29) is 11.7 Å². The Morgan fingerprint density at radius 1 is 1.31 bits per heavy atom. The van der Waals surface area contributed by atoms with Gasteiger partial charge in [-0.2, -0.15) is 0 Å². The molecule has 3 aromatic heterocycles. The summed E-state index contributed by atoms with van der Waals surface area (Å²) in [5.41, 5.74) is 1.77. The van der Waals surface area contributed by atoms with Crippen LogP contribution in [0.2, 0.25) is 0 Å². The number of aromatic nitrogens is 2. The van der Waals surface area contributed by atoms with Crippen LogP contribution >= 0.6 is 22.7 Å². The fourth-order valence-corrected chi connectivity index (χ4v) is 4.70. The number of ketones is 1. The summed E-state index contributed by atoms with van der Waals surface area (Å²) in [6.07, 6.45) is 4.53. The lowest BCUT2D eigenvalue weighted by Crippen LogP contribution is -2.27. The first-order valence-electron chi connectivity index (χ1n) is 8.79. The number of pyridine rings is 1. The third-order valence-corrected chi connectivity index (χ3v) is 6.37. The molecule has 0 spiro atoms. The topological polar surface area (TPSA) is 89.5 Å². The summed E-state index contributed by atoms with van der Waals surface area (Å²) < 4.78 is 4.79. The molecule has 0 fully saturated rings. The molecule has 0 saturated carbocycles. The normalized spacial score (nSPS) is 11.2. The maximum absolute atomic E-state index is 12.6. The molecule has 0 aliphatic heterocycles. The van der Waals surface area contributed by atoms with Crippen molar-refractivity contribution in [2.75, 3.05) is 18.6 Å². The van der Waals surface area contributed by atoms with Crippen LogP contribution in [-0.2, 0) is 9.53 Å². The number of thiazole rings is 1. The molecule has 0 saturated heterocycles. The molecule has 0 radical (unpaired) electrons. The lowest BCUT2D eigenvalue weighted by atomic mass is 10.1. The second kappa shape index (κ2) is 8.62. The molecular formula is C20H19N3O4S2. The van der Waals surface area contributed by atoms with Gasteiger partial charge in [0.05, 0.1) is 12.8 Å². The van der Waals surface area contributed by atoms with Crippen LogP contribution in [0, 0.1) is 6.92 Å². The maximum atomic E-state index is 12.6. The van der Waals surface area contributed by atoms with Crippen molar-refractivity contribution in [3.63, 3.8) is 0 Å². The molecule has 0 unspecified atom stereocenters. The van der Waals surface area contributed by atoms with Crippen LogP contribution in [0.5, 0.6) is 0 Å². The molecule has 3 aromatic rings. The Morgan fingerprint density at radius 2 is 2.07 bits per heavy atom. The standard InChI is InChI=1S/C20H19N3O4S2/c1-5-23(12(3)24)20-22-14(10-28-20)6-7-16(25)13-8-15-11(2)17(19(26)27-4)29-18(15)21-9-13/h6-10H,5H2,1-4H3. The maximum Gasteiger partial charge on any atom is 0.348 e. The van der Waals surface area contributed by atoms with Gasteiger partial charge in [-0.15, -0.1) is 22.7 Å². The number of anilines is 1. The van der Waals surface area contributed by atoms with Gasteiger partial charge in [-0.3, -0.25) is 14.5 Å².